The third-order valence-corrected chi connectivity index (χ3v) is 4.14. The van der Waals surface area contributed by atoms with Crippen LogP contribution in [0.25, 0.3) is 0 Å². The summed E-state index contributed by atoms with van der Waals surface area (Å²) in [4.78, 5) is 12.4. The fourth-order valence-corrected chi connectivity index (χ4v) is 2.57. The lowest BCUT2D eigenvalue weighted by atomic mass is 10.0. The molecule has 4 atom stereocenters. The van der Waals surface area contributed by atoms with Crippen LogP contribution in [0, 0.1) is 6.92 Å². The van der Waals surface area contributed by atoms with Gasteiger partial charge in [0.1, 0.15) is 24.1 Å². The first-order chi connectivity index (χ1) is 12.0. The number of benzene rings is 2. The molecular formula is C19H22O7. The van der Waals surface area contributed by atoms with Crippen molar-refractivity contribution in [3.63, 3.8) is 0 Å². The summed E-state index contributed by atoms with van der Waals surface area (Å²) in [7, 11) is 0. The van der Waals surface area contributed by atoms with E-state index in [-0.39, 0.29) is 17.9 Å². The van der Waals surface area contributed by atoms with Gasteiger partial charge in [-0.05, 0) is 31.2 Å². The Kier molecular flexibility index (Phi) is 6.47. The Morgan fingerprint density at radius 2 is 1.50 bits per heavy atom. The smallest absolute Gasteiger partial charge is 0.228 e. The van der Waals surface area contributed by atoms with Gasteiger partial charge in [-0.2, -0.15) is 0 Å². The van der Waals surface area contributed by atoms with E-state index in [1.165, 1.54) is 0 Å². The van der Waals surface area contributed by atoms with E-state index in [9.17, 15) is 20.1 Å². The van der Waals surface area contributed by atoms with Crippen molar-refractivity contribution in [2.75, 3.05) is 6.61 Å². The number of rotatable bonds is 4. The van der Waals surface area contributed by atoms with Gasteiger partial charge in [0.05, 0.1) is 6.61 Å². The van der Waals surface area contributed by atoms with Crippen LogP contribution in [0.4, 0.5) is 0 Å². The first-order valence-electron chi connectivity index (χ1n) is 7.99. The quantitative estimate of drug-likeness (QED) is 0.668. The van der Waals surface area contributed by atoms with E-state index >= 15 is 0 Å². The molecule has 3 rings (SSSR count). The van der Waals surface area contributed by atoms with Gasteiger partial charge in [0, 0.05) is 11.1 Å². The highest BCUT2D eigenvalue weighted by atomic mass is 16.7. The maximum absolute atomic E-state index is 12.4. The molecule has 0 amide bonds. The van der Waals surface area contributed by atoms with Crippen LogP contribution in [0.15, 0.2) is 48.5 Å². The van der Waals surface area contributed by atoms with Crippen molar-refractivity contribution in [3.8, 4) is 5.75 Å². The molecule has 0 radical (unpaired) electrons. The molecule has 1 heterocycles. The molecule has 26 heavy (non-hydrogen) atoms. The second-order valence-electron chi connectivity index (χ2n) is 6.09. The Labute approximate surface area is 150 Å². The first-order valence-corrected chi connectivity index (χ1v) is 7.99. The second-order valence-corrected chi connectivity index (χ2v) is 6.09. The van der Waals surface area contributed by atoms with Crippen molar-refractivity contribution in [1.82, 2.24) is 0 Å². The highest BCUT2D eigenvalue weighted by Crippen LogP contribution is 2.22. The van der Waals surface area contributed by atoms with Crippen LogP contribution < -0.4 is 4.74 Å². The molecule has 2 aromatic rings. The standard InChI is InChI=1S/C19H20O6.H2O/c1-11-2-4-12(5-3-11)16(21)13-6-8-14(9-7-13)25-19-18(23)17(22)15(20)10-24-19;/h2-9,15,17-20,22-23H,10H2,1H3;1H2/t15-,17+,18-,19+;/m1./s1. The number of ether oxygens (including phenoxy) is 2. The summed E-state index contributed by atoms with van der Waals surface area (Å²) < 4.78 is 10.7. The molecule has 5 N–H and O–H groups in total. The molecule has 1 fully saturated rings. The van der Waals surface area contributed by atoms with Crippen molar-refractivity contribution in [1.29, 1.82) is 0 Å². The van der Waals surface area contributed by atoms with Crippen LogP contribution in [0.5, 0.6) is 5.75 Å². The minimum absolute atomic E-state index is 0. The number of carbonyl (C=O) groups excluding carboxylic acids is 1. The van der Waals surface area contributed by atoms with Crippen LogP contribution in [0.1, 0.15) is 21.5 Å². The van der Waals surface area contributed by atoms with Crippen LogP contribution in [0.2, 0.25) is 0 Å². The zero-order valence-corrected chi connectivity index (χ0v) is 14.2. The summed E-state index contributed by atoms with van der Waals surface area (Å²) in [6.07, 6.45) is -4.93. The predicted molar refractivity (Wildman–Crippen MR) is 93.1 cm³/mol. The molecule has 140 valence electrons. The lowest BCUT2D eigenvalue weighted by Gasteiger charge is -2.34. The zero-order chi connectivity index (χ0) is 18.0. The lowest BCUT2D eigenvalue weighted by Crippen LogP contribution is -2.54. The van der Waals surface area contributed by atoms with Gasteiger partial charge < -0.3 is 30.3 Å². The molecule has 0 saturated carbocycles. The molecule has 0 unspecified atom stereocenters. The Morgan fingerprint density at radius 1 is 0.962 bits per heavy atom. The Morgan fingerprint density at radius 3 is 2.08 bits per heavy atom. The summed E-state index contributed by atoms with van der Waals surface area (Å²) in [6, 6.07) is 13.8. The van der Waals surface area contributed by atoms with Gasteiger partial charge >= 0.3 is 0 Å². The molecule has 1 aliphatic rings. The summed E-state index contributed by atoms with van der Waals surface area (Å²) in [5, 5.41) is 28.9. The van der Waals surface area contributed by atoms with Gasteiger partial charge in [-0.15, -0.1) is 0 Å². The molecule has 7 heteroatoms. The Bertz CT molecular complexity index is 727. The highest BCUT2D eigenvalue weighted by molar-refractivity contribution is 6.09. The van der Waals surface area contributed by atoms with E-state index < -0.39 is 24.6 Å². The minimum Gasteiger partial charge on any atom is -0.462 e. The van der Waals surface area contributed by atoms with E-state index in [4.69, 9.17) is 9.47 Å². The summed E-state index contributed by atoms with van der Waals surface area (Å²) in [5.41, 5.74) is 2.19. The maximum atomic E-state index is 12.4. The minimum atomic E-state index is -1.36. The summed E-state index contributed by atoms with van der Waals surface area (Å²) in [5.74, 6) is 0.284. The largest absolute Gasteiger partial charge is 0.462 e. The SMILES string of the molecule is Cc1ccc(C(=O)c2ccc(O[C@@H]3OC[C@@H](O)[C@H](O)[C@H]3O)cc2)cc1.O. The number of ketones is 1. The number of hydrogen-bond acceptors (Lipinski definition) is 6. The molecule has 1 aliphatic heterocycles. The van der Waals surface area contributed by atoms with Crippen molar-refractivity contribution >= 4 is 5.78 Å². The van der Waals surface area contributed by atoms with Gasteiger partial charge in [-0.25, -0.2) is 0 Å². The van der Waals surface area contributed by atoms with E-state index in [0.717, 1.165) is 5.56 Å². The van der Waals surface area contributed by atoms with Crippen LogP contribution in [-0.4, -0.2) is 57.8 Å². The van der Waals surface area contributed by atoms with Crippen molar-refractivity contribution in [2.24, 2.45) is 0 Å². The molecule has 0 aliphatic carbocycles. The second kappa shape index (κ2) is 8.39. The van der Waals surface area contributed by atoms with Crippen molar-refractivity contribution in [2.45, 2.75) is 31.5 Å². The molecule has 7 nitrogen and oxygen atoms in total. The number of carbonyl (C=O) groups is 1. The average molecular weight is 362 g/mol. The van der Waals surface area contributed by atoms with Crippen LogP contribution in [0.3, 0.4) is 0 Å². The van der Waals surface area contributed by atoms with Gasteiger partial charge in [0.25, 0.3) is 0 Å². The van der Waals surface area contributed by atoms with Crippen LogP contribution in [-0.2, 0) is 4.74 Å². The Balaban J connectivity index is 0.00000243. The first kappa shape index (κ1) is 20.0. The van der Waals surface area contributed by atoms with E-state index in [0.29, 0.717) is 16.9 Å². The third-order valence-electron chi connectivity index (χ3n) is 4.14. The molecule has 0 aromatic heterocycles. The van der Waals surface area contributed by atoms with Gasteiger partial charge in [0.15, 0.2) is 5.78 Å². The number of aliphatic hydroxyl groups is 3. The predicted octanol–water partition coefficient (Wildman–Crippen LogP) is 0.219. The van der Waals surface area contributed by atoms with E-state index in [2.05, 4.69) is 0 Å². The molecule has 1 saturated heterocycles. The molecule has 0 spiro atoms. The van der Waals surface area contributed by atoms with Crippen LogP contribution >= 0.6 is 0 Å². The highest BCUT2D eigenvalue weighted by Gasteiger charge is 2.38. The average Bonchev–Trinajstić information content (AvgIpc) is 2.63. The zero-order valence-electron chi connectivity index (χ0n) is 14.2. The van der Waals surface area contributed by atoms with Gasteiger partial charge in [-0.1, -0.05) is 29.8 Å². The van der Waals surface area contributed by atoms with Gasteiger partial charge in [0.2, 0.25) is 6.29 Å². The van der Waals surface area contributed by atoms with Gasteiger partial charge in [-0.3, -0.25) is 4.79 Å². The summed E-state index contributed by atoms with van der Waals surface area (Å²) >= 11 is 0. The normalized spacial score (nSPS) is 25.2. The number of aliphatic hydroxyl groups excluding tert-OH is 3. The van der Waals surface area contributed by atoms with Crippen molar-refractivity contribution in [3.05, 3.63) is 65.2 Å². The molecule has 2 aromatic carbocycles. The third kappa shape index (κ3) is 4.27. The number of hydrogen-bond donors (Lipinski definition) is 3. The molecular weight excluding hydrogens is 340 g/mol. The topological polar surface area (TPSA) is 128 Å². The van der Waals surface area contributed by atoms with E-state index in [1.54, 1.807) is 36.4 Å². The summed E-state index contributed by atoms with van der Waals surface area (Å²) in [6.45, 7) is 1.82. The number of aryl methyl sites for hydroxylation is 1. The maximum Gasteiger partial charge on any atom is 0.228 e. The lowest BCUT2D eigenvalue weighted by molar-refractivity contribution is -0.242. The van der Waals surface area contributed by atoms with Crippen molar-refractivity contribution < 1.29 is 35.1 Å². The molecule has 0 bridgehead atoms. The fraction of sp³-hybridized carbons (Fsp3) is 0.316. The fourth-order valence-electron chi connectivity index (χ4n) is 2.57. The Hall–Kier alpha value is -2.29. The monoisotopic (exact) mass is 362 g/mol. The van der Waals surface area contributed by atoms with E-state index in [1.807, 2.05) is 19.1 Å².